The van der Waals surface area contributed by atoms with E-state index in [1.807, 2.05) is 21.9 Å². The van der Waals surface area contributed by atoms with Gasteiger partial charge in [0, 0.05) is 25.2 Å². The number of likely N-dealkylation sites (tertiary alicyclic amines) is 1. The van der Waals surface area contributed by atoms with Gasteiger partial charge < -0.3 is 24.4 Å². The number of nitrogens with zero attached hydrogens (tertiary/aromatic N) is 2. The average Bonchev–Trinajstić information content (AvgIpc) is 3.61. The number of piperidine rings is 1. The van der Waals surface area contributed by atoms with Crippen LogP contribution in [0.1, 0.15) is 57.4 Å². The van der Waals surface area contributed by atoms with Crippen LogP contribution in [-0.2, 0) is 20.7 Å². The number of hydrogen-bond donors (Lipinski definition) is 1. The molecule has 228 valence electrons. The van der Waals surface area contributed by atoms with E-state index in [4.69, 9.17) is 9.47 Å². The molecule has 0 unspecified atom stereocenters. The zero-order valence-electron chi connectivity index (χ0n) is 25.8. The third-order valence-corrected chi connectivity index (χ3v) is 14.5. The lowest BCUT2D eigenvalue weighted by Gasteiger charge is -2.36. The number of benzene rings is 2. The van der Waals surface area contributed by atoms with Gasteiger partial charge in [0.05, 0.1) is 46.5 Å². The zero-order valence-corrected chi connectivity index (χ0v) is 26.8. The fourth-order valence-corrected chi connectivity index (χ4v) is 11.8. The standard InChI is InChI=1S/C34H48N2O5Si/c1-24-30(19-12-25-10-13-26(14-11-25)35-20-6-5-9-32(35)38)41-31(22-33(39)36-21-7-8-27(36)23-37)34(24)42(3,4)29-17-15-28(40-2)16-18-29/h10-11,13-18,24,27,30-31,34,37H,5-9,12,19-23H2,1-4H3/t24-,27-,30+,31-,34+/m0/s1. The largest absolute Gasteiger partial charge is 0.497 e. The second-order valence-corrected chi connectivity index (χ2v) is 17.7. The van der Waals surface area contributed by atoms with Gasteiger partial charge in [-0.15, -0.1) is 0 Å². The van der Waals surface area contributed by atoms with Crippen molar-refractivity contribution >= 4 is 30.8 Å². The summed E-state index contributed by atoms with van der Waals surface area (Å²) in [6.07, 6.45) is 6.56. The first-order valence-corrected chi connectivity index (χ1v) is 18.9. The molecule has 0 saturated carbocycles. The van der Waals surface area contributed by atoms with E-state index in [2.05, 4.69) is 56.4 Å². The molecule has 0 spiro atoms. The summed E-state index contributed by atoms with van der Waals surface area (Å²) in [6, 6.07) is 16.9. The predicted octanol–water partition coefficient (Wildman–Crippen LogP) is 4.91. The molecule has 2 aromatic carbocycles. The smallest absolute Gasteiger partial charge is 0.226 e. The molecule has 0 bridgehead atoms. The van der Waals surface area contributed by atoms with Gasteiger partial charge in [0.25, 0.3) is 0 Å². The maximum atomic E-state index is 13.5. The number of anilines is 1. The molecule has 3 aliphatic rings. The van der Waals surface area contributed by atoms with E-state index in [0.29, 0.717) is 18.8 Å². The van der Waals surface area contributed by atoms with Gasteiger partial charge in [-0.3, -0.25) is 9.59 Å². The summed E-state index contributed by atoms with van der Waals surface area (Å²) in [4.78, 5) is 29.7. The lowest BCUT2D eigenvalue weighted by molar-refractivity contribution is -0.135. The van der Waals surface area contributed by atoms with Crippen LogP contribution in [0.3, 0.4) is 0 Å². The summed E-state index contributed by atoms with van der Waals surface area (Å²) < 4.78 is 12.3. The van der Waals surface area contributed by atoms with Gasteiger partial charge in [-0.1, -0.05) is 49.5 Å². The Kier molecular flexibility index (Phi) is 9.75. The van der Waals surface area contributed by atoms with E-state index in [-0.39, 0.29) is 42.2 Å². The number of amides is 2. The monoisotopic (exact) mass is 592 g/mol. The van der Waals surface area contributed by atoms with Crippen molar-refractivity contribution in [2.75, 3.05) is 31.7 Å². The number of aliphatic hydroxyl groups is 1. The van der Waals surface area contributed by atoms with Crippen molar-refractivity contribution in [3.05, 3.63) is 54.1 Å². The molecule has 1 N–H and O–H groups in total. The molecule has 8 heteroatoms. The minimum atomic E-state index is -2.06. The molecule has 3 aliphatic heterocycles. The second kappa shape index (κ2) is 13.3. The minimum Gasteiger partial charge on any atom is -0.497 e. The first-order chi connectivity index (χ1) is 20.2. The van der Waals surface area contributed by atoms with Crippen molar-refractivity contribution in [3.63, 3.8) is 0 Å². The van der Waals surface area contributed by atoms with Gasteiger partial charge in [0.15, 0.2) is 0 Å². The third-order valence-electron chi connectivity index (χ3n) is 10.1. The summed E-state index contributed by atoms with van der Waals surface area (Å²) in [7, 11) is -0.372. The van der Waals surface area contributed by atoms with Gasteiger partial charge in [0.1, 0.15) is 5.75 Å². The van der Waals surface area contributed by atoms with Gasteiger partial charge >= 0.3 is 0 Å². The number of ether oxygens (including phenoxy) is 2. The highest BCUT2D eigenvalue weighted by Gasteiger charge is 2.51. The Hall–Kier alpha value is -2.68. The quantitative estimate of drug-likeness (QED) is 0.397. The molecule has 7 nitrogen and oxygen atoms in total. The summed E-state index contributed by atoms with van der Waals surface area (Å²) >= 11 is 0. The van der Waals surface area contributed by atoms with E-state index < -0.39 is 8.07 Å². The summed E-state index contributed by atoms with van der Waals surface area (Å²) in [5.41, 5.74) is 2.51. The predicted molar refractivity (Wildman–Crippen MR) is 169 cm³/mol. The average molecular weight is 593 g/mol. The molecule has 0 aromatic heterocycles. The Bertz CT molecular complexity index is 1220. The van der Waals surface area contributed by atoms with Crippen LogP contribution >= 0.6 is 0 Å². The number of hydrogen-bond acceptors (Lipinski definition) is 5. The Balaban J connectivity index is 1.31. The highest BCUT2D eigenvalue weighted by atomic mass is 28.3. The Morgan fingerprint density at radius 1 is 1.02 bits per heavy atom. The lowest BCUT2D eigenvalue weighted by atomic mass is 9.95. The minimum absolute atomic E-state index is 0.0243. The van der Waals surface area contributed by atoms with Crippen LogP contribution in [0, 0.1) is 5.92 Å². The van der Waals surface area contributed by atoms with Gasteiger partial charge in [-0.25, -0.2) is 0 Å². The van der Waals surface area contributed by atoms with E-state index in [0.717, 1.165) is 63.1 Å². The van der Waals surface area contributed by atoms with Crippen LogP contribution < -0.4 is 14.8 Å². The van der Waals surface area contributed by atoms with Crippen LogP contribution in [0.2, 0.25) is 18.6 Å². The van der Waals surface area contributed by atoms with Gasteiger partial charge in [0.2, 0.25) is 11.8 Å². The van der Waals surface area contributed by atoms with Crippen molar-refractivity contribution in [3.8, 4) is 5.75 Å². The third kappa shape index (κ3) is 6.46. The first-order valence-electron chi connectivity index (χ1n) is 15.8. The molecule has 2 amide bonds. The van der Waals surface area contributed by atoms with Crippen molar-refractivity contribution in [1.29, 1.82) is 0 Å². The molecular weight excluding hydrogens is 544 g/mol. The lowest BCUT2D eigenvalue weighted by Crippen LogP contribution is -2.51. The molecule has 0 radical (unpaired) electrons. The van der Waals surface area contributed by atoms with E-state index in [9.17, 15) is 14.7 Å². The fraction of sp³-hybridized carbons (Fsp3) is 0.588. The molecule has 2 aromatic rings. The van der Waals surface area contributed by atoms with Crippen LogP contribution in [-0.4, -0.2) is 75.0 Å². The van der Waals surface area contributed by atoms with Crippen LogP contribution in [0.25, 0.3) is 0 Å². The molecule has 3 heterocycles. The maximum Gasteiger partial charge on any atom is 0.226 e. The van der Waals surface area contributed by atoms with E-state index in [1.165, 1.54) is 10.8 Å². The van der Waals surface area contributed by atoms with Gasteiger partial charge in [-0.05, 0) is 79.8 Å². The Labute approximate surface area is 252 Å². The SMILES string of the molecule is COc1ccc([Si](C)(C)[C@@H]2[C@@H](C)[C@@H](CCc3ccc(N4CCCCC4=O)cc3)O[C@H]2CC(=O)N2CCC[C@H]2CO)cc1. The van der Waals surface area contributed by atoms with Crippen molar-refractivity contribution < 1.29 is 24.2 Å². The molecule has 3 fully saturated rings. The van der Waals surface area contributed by atoms with E-state index in [1.54, 1.807) is 7.11 Å². The Morgan fingerprint density at radius 2 is 1.76 bits per heavy atom. The van der Waals surface area contributed by atoms with Crippen molar-refractivity contribution in [1.82, 2.24) is 4.90 Å². The summed E-state index contributed by atoms with van der Waals surface area (Å²) in [6.45, 7) is 8.68. The summed E-state index contributed by atoms with van der Waals surface area (Å²) in [5, 5.41) is 11.2. The van der Waals surface area contributed by atoms with Crippen LogP contribution in [0.4, 0.5) is 5.69 Å². The Morgan fingerprint density at radius 3 is 2.43 bits per heavy atom. The number of aryl methyl sites for hydroxylation is 1. The van der Waals surface area contributed by atoms with Gasteiger partial charge in [-0.2, -0.15) is 0 Å². The molecule has 3 saturated heterocycles. The molecule has 0 aliphatic carbocycles. The van der Waals surface area contributed by atoms with E-state index >= 15 is 0 Å². The molecule has 5 rings (SSSR count). The zero-order chi connectivity index (χ0) is 29.9. The van der Waals surface area contributed by atoms with Crippen molar-refractivity contribution in [2.24, 2.45) is 5.92 Å². The number of aliphatic hydroxyl groups excluding tert-OH is 1. The topological polar surface area (TPSA) is 79.3 Å². The van der Waals surface area contributed by atoms with Crippen LogP contribution in [0.5, 0.6) is 5.75 Å². The van der Waals surface area contributed by atoms with Crippen LogP contribution in [0.15, 0.2) is 48.5 Å². The molecule has 5 atom stereocenters. The number of carbonyl (C=O) groups is 2. The molecular formula is C34H48N2O5Si. The maximum absolute atomic E-state index is 13.5. The fourth-order valence-electron chi connectivity index (χ4n) is 7.72. The number of methoxy groups -OCH3 is 1. The second-order valence-electron chi connectivity index (χ2n) is 13.0. The first kappa shape index (κ1) is 30.8. The highest BCUT2D eigenvalue weighted by molar-refractivity contribution is 6.91. The summed E-state index contributed by atoms with van der Waals surface area (Å²) in [5.74, 6) is 1.49. The normalized spacial score (nSPS) is 26.6. The molecule has 42 heavy (non-hydrogen) atoms. The highest BCUT2D eigenvalue weighted by Crippen LogP contribution is 2.46. The number of carbonyl (C=O) groups excluding carboxylic acids is 2. The number of rotatable bonds is 10. The van der Waals surface area contributed by atoms with Crippen molar-refractivity contribution in [2.45, 2.75) is 95.2 Å².